The molecule has 290 valence electrons. The van der Waals surface area contributed by atoms with Crippen LogP contribution in [0.25, 0.3) is 0 Å². The summed E-state index contributed by atoms with van der Waals surface area (Å²) in [5.41, 5.74) is 0.811. The molecular weight excluding hydrogens is 632 g/mol. The Labute approximate surface area is 309 Å². The van der Waals surface area contributed by atoms with Crippen LogP contribution < -0.4 is 4.65 Å². The summed E-state index contributed by atoms with van der Waals surface area (Å²) in [6.45, 7) is 22.2. The summed E-state index contributed by atoms with van der Waals surface area (Å²) in [5.74, 6) is 0.925. The van der Waals surface area contributed by atoms with Gasteiger partial charge in [0.25, 0.3) is 6.92 Å². The fourth-order valence-electron chi connectivity index (χ4n) is 5.92. The first-order valence-corrected chi connectivity index (χ1v) is 20.0. The maximum Gasteiger partial charge on any atom is 0.707 e. The van der Waals surface area contributed by atoms with E-state index in [-0.39, 0.29) is 12.7 Å². The van der Waals surface area contributed by atoms with Gasteiger partial charge in [-0.25, -0.2) is 0 Å². The largest absolute Gasteiger partial charge is 0.707 e. The Morgan fingerprint density at radius 3 is 1.64 bits per heavy atom. The van der Waals surface area contributed by atoms with Crippen LogP contribution in [-0.4, -0.2) is 74.2 Å². The van der Waals surface area contributed by atoms with Crippen molar-refractivity contribution in [3.05, 3.63) is 29.8 Å². The van der Waals surface area contributed by atoms with Crippen molar-refractivity contribution in [2.45, 2.75) is 177 Å². The van der Waals surface area contributed by atoms with Gasteiger partial charge in [-0.15, -0.1) is 0 Å². The molecular formula is C37H76B4O9. The summed E-state index contributed by atoms with van der Waals surface area (Å²) < 4.78 is 26.7. The highest BCUT2D eigenvalue weighted by Gasteiger charge is 2.41. The third-order valence-corrected chi connectivity index (χ3v) is 8.94. The Morgan fingerprint density at radius 2 is 1.24 bits per heavy atom. The first-order valence-electron chi connectivity index (χ1n) is 20.0. The molecule has 1 aromatic carbocycles. The SMILES string of the molecule is CCC1CCCCC1(CC)OB(O)O.CCCCB(CCCC)OCC.CCCCOB(CC)OCCCC.Cc1ccc(OB(O)O)cc1. The maximum absolute atomic E-state index is 8.95. The van der Waals surface area contributed by atoms with Crippen molar-refractivity contribution in [1.82, 2.24) is 0 Å². The van der Waals surface area contributed by atoms with Gasteiger partial charge in [0.05, 0.1) is 5.60 Å². The molecule has 1 aliphatic rings. The van der Waals surface area contributed by atoms with Crippen molar-refractivity contribution < 1.29 is 43.4 Å². The Kier molecular flexibility index (Phi) is 35.8. The van der Waals surface area contributed by atoms with Crippen LogP contribution in [0.1, 0.15) is 151 Å². The van der Waals surface area contributed by atoms with E-state index in [1.54, 1.807) is 12.1 Å². The summed E-state index contributed by atoms with van der Waals surface area (Å²) in [4.78, 5) is 0. The van der Waals surface area contributed by atoms with Crippen LogP contribution in [0.3, 0.4) is 0 Å². The first kappa shape index (κ1) is 51.1. The van der Waals surface area contributed by atoms with Crippen LogP contribution in [0.5, 0.6) is 5.75 Å². The van der Waals surface area contributed by atoms with E-state index in [1.807, 2.05) is 19.1 Å². The molecule has 1 saturated carbocycles. The van der Waals surface area contributed by atoms with Gasteiger partial charge in [-0.3, -0.25) is 0 Å². The first-order chi connectivity index (χ1) is 24.0. The molecule has 2 atom stereocenters. The standard InChI is InChI=1S/C10H21BO3.C10H23BO2.C10H23BO.C7H9BO3/c1-3-9-7-5-6-8-10(9,4-2)14-11(12)13;1-4-7-9-12-11(6-3)13-10-8-5-2;1-4-7-9-11(12-6-3)10-8-5-2;1-6-2-4-7(5-3-6)11-8(9)10/h9,12-13H,3-8H2,1-2H3;4-10H2,1-3H3;4-10H2,1-3H3;2-5,9-10H,1H3. The lowest BCUT2D eigenvalue weighted by atomic mass is 9.59. The molecule has 0 bridgehead atoms. The second-order valence-electron chi connectivity index (χ2n) is 13.1. The third kappa shape index (κ3) is 27.6. The second kappa shape index (κ2) is 35.0. The average Bonchev–Trinajstić information content (AvgIpc) is 3.10. The molecule has 0 radical (unpaired) electrons. The van der Waals surface area contributed by atoms with E-state index in [0.717, 1.165) is 76.7 Å². The Bertz CT molecular complexity index is 822. The van der Waals surface area contributed by atoms with E-state index in [9.17, 15) is 0 Å². The summed E-state index contributed by atoms with van der Waals surface area (Å²) >= 11 is 0. The fraction of sp³-hybridized carbons (Fsp3) is 0.838. The number of aryl methyl sites for hydroxylation is 1. The van der Waals surface area contributed by atoms with E-state index in [4.69, 9.17) is 38.7 Å². The molecule has 2 rings (SSSR count). The van der Waals surface area contributed by atoms with Gasteiger partial charge in [0.2, 0.25) is 0 Å². The van der Waals surface area contributed by atoms with E-state index in [2.05, 4.69) is 60.0 Å². The Balaban J connectivity index is 0. The predicted octanol–water partition coefficient (Wildman–Crippen LogP) is 8.81. The molecule has 0 aliphatic heterocycles. The normalized spacial score (nSPS) is 16.5. The van der Waals surface area contributed by atoms with E-state index in [0.29, 0.717) is 18.6 Å². The molecule has 0 aromatic heterocycles. The molecule has 1 aromatic rings. The van der Waals surface area contributed by atoms with Crippen molar-refractivity contribution in [2.75, 3.05) is 19.8 Å². The van der Waals surface area contributed by atoms with Crippen LogP contribution in [0.4, 0.5) is 0 Å². The molecule has 4 N–H and O–H groups in total. The molecule has 50 heavy (non-hydrogen) atoms. The second-order valence-corrected chi connectivity index (χ2v) is 13.1. The van der Waals surface area contributed by atoms with Crippen molar-refractivity contribution in [3.8, 4) is 5.75 Å². The zero-order chi connectivity index (χ0) is 38.0. The van der Waals surface area contributed by atoms with Crippen molar-refractivity contribution in [3.63, 3.8) is 0 Å². The van der Waals surface area contributed by atoms with Crippen molar-refractivity contribution in [1.29, 1.82) is 0 Å². The van der Waals surface area contributed by atoms with E-state index in [1.165, 1.54) is 57.6 Å². The van der Waals surface area contributed by atoms with Gasteiger partial charge < -0.3 is 43.4 Å². The topological polar surface area (TPSA) is 127 Å². The van der Waals surface area contributed by atoms with E-state index >= 15 is 0 Å². The fourth-order valence-corrected chi connectivity index (χ4v) is 5.92. The zero-order valence-corrected chi connectivity index (χ0v) is 33.7. The number of unbranched alkanes of at least 4 members (excludes halogenated alkanes) is 4. The van der Waals surface area contributed by atoms with Gasteiger partial charge >= 0.3 is 21.8 Å². The molecule has 0 amide bonds. The van der Waals surface area contributed by atoms with E-state index < -0.39 is 14.6 Å². The van der Waals surface area contributed by atoms with Gasteiger partial charge in [0.1, 0.15) is 5.75 Å². The van der Waals surface area contributed by atoms with Gasteiger partial charge in [-0.2, -0.15) is 0 Å². The minimum Gasteiger partial charge on any atom is -0.512 e. The summed E-state index contributed by atoms with van der Waals surface area (Å²) in [5, 5.41) is 34.7. The number of hydrogen-bond donors (Lipinski definition) is 4. The molecule has 2 unspecified atom stereocenters. The third-order valence-electron chi connectivity index (χ3n) is 8.94. The number of benzene rings is 1. The maximum atomic E-state index is 8.95. The lowest BCUT2D eigenvalue weighted by molar-refractivity contribution is -0.0593. The monoisotopic (exact) mass is 709 g/mol. The lowest BCUT2D eigenvalue weighted by Crippen LogP contribution is -2.46. The van der Waals surface area contributed by atoms with Gasteiger partial charge in [-0.05, 0) is 83.0 Å². The molecule has 1 fully saturated rings. The van der Waals surface area contributed by atoms with Crippen LogP contribution in [-0.2, 0) is 18.6 Å². The van der Waals surface area contributed by atoms with Crippen molar-refractivity contribution >= 4 is 28.7 Å². The minimum absolute atomic E-state index is 0.0260. The van der Waals surface area contributed by atoms with Crippen LogP contribution >= 0.6 is 0 Å². The van der Waals surface area contributed by atoms with Gasteiger partial charge in [-0.1, -0.05) is 124 Å². The smallest absolute Gasteiger partial charge is 0.512 e. The average molecular weight is 708 g/mol. The highest BCUT2D eigenvalue weighted by molar-refractivity contribution is 6.51. The van der Waals surface area contributed by atoms with Crippen LogP contribution in [0.2, 0.25) is 19.0 Å². The number of rotatable bonds is 23. The summed E-state index contributed by atoms with van der Waals surface area (Å²) in [6, 6.07) is 7.01. The van der Waals surface area contributed by atoms with Crippen molar-refractivity contribution in [2.24, 2.45) is 5.92 Å². The quantitative estimate of drug-likeness (QED) is 0.0652. The Morgan fingerprint density at radius 1 is 0.700 bits per heavy atom. The molecule has 0 spiro atoms. The molecule has 9 nitrogen and oxygen atoms in total. The lowest BCUT2D eigenvalue weighted by Gasteiger charge is -2.43. The number of hydrogen-bond acceptors (Lipinski definition) is 9. The molecule has 13 heteroatoms. The van der Waals surface area contributed by atoms with Crippen LogP contribution in [0.15, 0.2) is 24.3 Å². The molecule has 0 heterocycles. The van der Waals surface area contributed by atoms with Gasteiger partial charge in [0.15, 0.2) is 0 Å². The zero-order valence-electron chi connectivity index (χ0n) is 33.7. The van der Waals surface area contributed by atoms with Crippen LogP contribution in [0, 0.1) is 12.8 Å². The predicted molar refractivity (Wildman–Crippen MR) is 213 cm³/mol. The summed E-state index contributed by atoms with van der Waals surface area (Å²) in [7, 11) is -3.34. The summed E-state index contributed by atoms with van der Waals surface area (Å²) in [6.07, 6.45) is 19.7. The minimum atomic E-state index is -1.74. The molecule has 1 aliphatic carbocycles. The van der Waals surface area contributed by atoms with Gasteiger partial charge in [0, 0.05) is 19.8 Å². The Hall–Kier alpha value is -1.04. The highest BCUT2D eigenvalue weighted by atomic mass is 16.6. The molecule has 0 saturated heterocycles. The highest BCUT2D eigenvalue weighted by Crippen LogP contribution is 2.41.